The number of thioether (sulfide) groups is 1. The van der Waals surface area contributed by atoms with Crippen LogP contribution in [0.15, 0.2) is 0 Å². The lowest BCUT2D eigenvalue weighted by atomic mass is 10.6. The Morgan fingerprint density at radius 2 is 2.07 bits per heavy atom. The molecule has 0 aliphatic heterocycles. The van der Waals surface area contributed by atoms with Crippen LogP contribution in [0.1, 0.15) is 13.3 Å². The fourth-order valence-electron chi connectivity index (χ4n) is 1.31. The van der Waals surface area contributed by atoms with Gasteiger partial charge in [0.2, 0.25) is 5.12 Å². The highest BCUT2D eigenvalue weighted by Crippen LogP contribution is 2.16. The molecule has 0 saturated carbocycles. The molecule has 0 N–H and O–H groups in total. The average molecular weight is 250 g/mol. The molecule has 0 bridgehead atoms. The summed E-state index contributed by atoms with van der Waals surface area (Å²) in [5, 5.41) is 0.119. The Balaban J connectivity index is 3.49. The molecule has 0 aliphatic carbocycles. The lowest BCUT2D eigenvalue weighted by Gasteiger charge is -2.21. The van der Waals surface area contributed by atoms with E-state index in [0.717, 1.165) is 24.8 Å². The highest BCUT2D eigenvalue weighted by atomic mass is 32.2. The number of carbonyl (C=O) groups excluding carboxylic acids is 1. The molecule has 0 radical (unpaired) electrons. The Morgan fingerprint density at radius 3 is 2.60 bits per heavy atom. The van der Waals surface area contributed by atoms with Crippen LogP contribution in [-0.4, -0.2) is 39.5 Å². The molecule has 5 heteroatoms. The first kappa shape index (κ1) is 15.2. The Morgan fingerprint density at radius 1 is 1.40 bits per heavy atom. The van der Waals surface area contributed by atoms with Gasteiger partial charge in [-0.05, 0) is 32.5 Å². The molecule has 0 heterocycles. The summed E-state index contributed by atoms with van der Waals surface area (Å²) in [6, 6.07) is 1.12. The SMILES string of the molecule is CCO[Si](C)(C)CCCSC(=O)COC. The van der Waals surface area contributed by atoms with Gasteiger partial charge < -0.3 is 9.16 Å². The first-order valence-corrected chi connectivity index (χ1v) is 9.40. The van der Waals surface area contributed by atoms with Crippen molar-refractivity contribution in [3.63, 3.8) is 0 Å². The van der Waals surface area contributed by atoms with Crippen LogP contribution >= 0.6 is 11.8 Å². The van der Waals surface area contributed by atoms with Crippen molar-refractivity contribution in [3.05, 3.63) is 0 Å². The van der Waals surface area contributed by atoms with Crippen LogP contribution in [0.2, 0.25) is 19.1 Å². The van der Waals surface area contributed by atoms with Crippen molar-refractivity contribution in [2.24, 2.45) is 0 Å². The zero-order valence-electron chi connectivity index (χ0n) is 10.2. The lowest BCUT2D eigenvalue weighted by molar-refractivity contribution is -0.114. The maximum absolute atomic E-state index is 11.1. The van der Waals surface area contributed by atoms with Gasteiger partial charge in [0, 0.05) is 19.5 Å². The van der Waals surface area contributed by atoms with Crippen molar-refractivity contribution in [2.45, 2.75) is 32.5 Å². The molecule has 0 rings (SSSR count). The van der Waals surface area contributed by atoms with E-state index >= 15 is 0 Å². The van der Waals surface area contributed by atoms with Gasteiger partial charge in [-0.2, -0.15) is 0 Å². The fraction of sp³-hybridized carbons (Fsp3) is 0.900. The molecule has 0 aromatic heterocycles. The van der Waals surface area contributed by atoms with Gasteiger partial charge in [0.05, 0.1) is 0 Å². The Hall–Kier alpha value is 0.157. The predicted molar refractivity (Wildman–Crippen MR) is 67.9 cm³/mol. The summed E-state index contributed by atoms with van der Waals surface area (Å²) in [6.07, 6.45) is 1.05. The number of carbonyl (C=O) groups is 1. The largest absolute Gasteiger partial charge is 0.418 e. The topological polar surface area (TPSA) is 35.5 Å². The van der Waals surface area contributed by atoms with Gasteiger partial charge in [-0.3, -0.25) is 4.79 Å². The minimum atomic E-state index is -1.45. The quantitative estimate of drug-likeness (QED) is 0.490. The monoisotopic (exact) mass is 250 g/mol. The molecule has 0 atom stereocenters. The molecule has 0 aromatic carbocycles. The number of rotatable bonds is 8. The molecule has 0 saturated heterocycles. The first-order valence-electron chi connectivity index (χ1n) is 5.30. The molecule has 0 fully saturated rings. The third-order valence-electron chi connectivity index (χ3n) is 1.98. The van der Waals surface area contributed by atoms with Gasteiger partial charge in [0.15, 0.2) is 8.32 Å². The molecule has 90 valence electrons. The highest BCUT2D eigenvalue weighted by Gasteiger charge is 2.20. The lowest BCUT2D eigenvalue weighted by Crippen LogP contribution is -2.30. The smallest absolute Gasteiger partial charge is 0.214 e. The van der Waals surface area contributed by atoms with Gasteiger partial charge in [-0.1, -0.05) is 11.8 Å². The summed E-state index contributed by atoms with van der Waals surface area (Å²) < 4.78 is 10.5. The molecule has 0 aliphatic rings. The highest BCUT2D eigenvalue weighted by molar-refractivity contribution is 8.13. The summed E-state index contributed by atoms with van der Waals surface area (Å²) in [5.74, 6) is 0.881. The van der Waals surface area contributed by atoms with Gasteiger partial charge in [-0.25, -0.2) is 0 Å². The summed E-state index contributed by atoms with van der Waals surface area (Å²) >= 11 is 1.36. The molecular formula is C10H22O3SSi. The van der Waals surface area contributed by atoms with E-state index in [1.54, 1.807) is 7.11 Å². The van der Waals surface area contributed by atoms with Gasteiger partial charge >= 0.3 is 0 Å². The maximum Gasteiger partial charge on any atom is 0.214 e. The molecule has 0 amide bonds. The minimum Gasteiger partial charge on any atom is -0.418 e. The Kier molecular flexibility index (Phi) is 8.41. The molecule has 0 unspecified atom stereocenters. The fourth-order valence-corrected chi connectivity index (χ4v) is 4.23. The maximum atomic E-state index is 11.1. The van der Waals surface area contributed by atoms with Crippen LogP contribution in [-0.2, 0) is 14.0 Å². The summed E-state index contributed by atoms with van der Waals surface area (Å²) in [5.41, 5.74) is 0. The van der Waals surface area contributed by atoms with Crippen molar-refractivity contribution in [3.8, 4) is 0 Å². The minimum absolute atomic E-state index is 0.119. The van der Waals surface area contributed by atoms with Crippen molar-refractivity contribution >= 4 is 25.2 Å². The van der Waals surface area contributed by atoms with Gasteiger partial charge in [-0.15, -0.1) is 0 Å². The van der Waals surface area contributed by atoms with Crippen LogP contribution in [0.4, 0.5) is 0 Å². The molecule has 3 nitrogen and oxygen atoms in total. The zero-order chi connectivity index (χ0) is 11.7. The number of hydrogen-bond donors (Lipinski definition) is 0. The van der Waals surface area contributed by atoms with Crippen LogP contribution in [0.25, 0.3) is 0 Å². The van der Waals surface area contributed by atoms with E-state index in [4.69, 9.17) is 9.16 Å². The molecular weight excluding hydrogens is 228 g/mol. The number of ether oxygens (including phenoxy) is 1. The van der Waals surface area contributed by atoms with Crippen molar-refractivity contribution < 1.29 is 14.0 Å². The van der Waals surface area contributed by atoms with Crippen molar-refractivity contribution in [2.75, 3.05) is 26.1 Å². The first-order chi connectivity index (χ1) is 7.02. The normalized spacial score (nSPS) is 11.7. The van der Waals surface area contributed by atoms with E-state index in [-0.39, 0.29) is 11.7 Å². The van der Waals surface area contributed by atoms with E-state index in [0.29, 0.717) is 0 Å². The van der Waals surface area contributed by atoms with Crippen LogP contribution in [0.5, 0.6) is 0 Å². The van der Waals surface area contributed by atoms with E-state index in [9.17, 15) is 4.79 Å². The zero-order valence-corrected chi connectivity index (χ0v) is 12.0. The van der Waals surface area contributed by atoms with E-state index < -0.39 is 8.32 Å². The third-order valence-corrected chi connectivity index (χ3v) is 5.54. The summed E-state index contributed by atoms with van der Waals surface area (Å²) in [7, 11) is 0.0955. The summed E-state index contributed by atoms with van der Waals surface area (Å²) in [6.45, 7) is 7.49. The number of hydrogen-bond acceptors (Lipinski definition) is 4. The Labute approximate surface area is 98.0 Å². The molecule has 0 aromatic rings. The third kappa shape index (κ3) is 9.11. The van der Waals surface area contributed by atoms with E-state index in [1.807, 2.05) is 6.92 Å². The molecule has 15 heavy (non-hydrogen) atoms. The van der Waals surface area contributed by atoms with Crippen LogP contribution in [0.3, 0.4) is 0 Å². The standard InChI is InChI=1S/C10H22O3SSi/c1-5-13-15(3,4)8-6-7-14-10(11)9-12-2/h5-9H2,1-4H3. The second-order valence-corrected chi connectivity index (χ2v) is 9.41. The second kappa shape index (κ2) is 8.33. The average Bonchev–Trinajstić information content (AvgIpc) is 2.13. The van der Waals surface area contributed by atoms with Gasteiger partial charge in [0.25, 0.3) is 0 Å². The Bertz CT molecular complexity index is 186. The van der Waals surface area contributed by atoms with E-state index in [2.05, 4.69) is 13.1 Å². The summed E-state index contributed by atoms with van der Waals surface area (Å²) in [4.78, 5) is 11.1. The van der Waals surface area contributed by atoms with Gasteiger partial charge in [0.1, 0.15) is 6.61 Å². The van der Waals surface area contributed by atoms with Crippen molar-refractivity contribution in [1.29, 1.82) is 0 Å². The second-order valence-electron chi connectivity index (χ2n) is 3.95. The predicted octanol–water partition coefficient (Wildman–Crippen LogP) is 2.52. The molecule has 0 spiro atoms. The van der Waals surface area contributed by atoms with Crippen molar-refractivity contribution in [1.82, 2.24) is 0 Å². The van der Waals surface area contributed by atoms with Crippen LogP contribution < -0.4 is 0 Å². The van der Waals surface area contributed by atoms with E-state index in [1.165, 1.54) is 11.8 Å². The van der Waals surface area contributed by atoms with Crippen LogP contribution in [0, 0.1) is 0 Å². The number of methoxy groups -OCH3 is 1.